The largest absolute Gasteiger partial charge is 0.480 e. The van der Waals surface area contributed by atoms with Crippen molar-refractivity contribution >= 4 is 38.6 Å². The molecule has 0 aromatic heterocycles. The number of hydrogen-bond acceptors (Lipinski definition) is 3. The van der Waals surface area contributed by atoms with Crippen LogP contribution in [0.1, 0.15) is 6.92 Å². The second-order valence-corrected chi connectivity index (χ2v) is 6.09. The normalized spacial score (nSPS) is 13.4. The van der Waals surface area contributed by atoms with Gasteiger partial charge in [-0.25, -0.2) is 8.42 Å². The van der Waals surface area contributed by atoms with Crippen LogP contribution in [-0.4, -0.2) is 25.5 Å². The molecule has 0 bridgehead atoms. The lowest BCUT2D eigenvalue weighted by Crippen LogP contribution is -2.38. The average Bonchev–Trinajstić information content (AvgIpc) is 2.17. The molecule has 0 heterocycles. The molecule has 1 atom stereocenters. The first-order chi connectivity index (χ1) is 7.33. The summed E-state index contributed by atoms with van der Waals surface area (Å²) in [6.07, 6.45) is 0. The first-order valence-corrected chi connectivity index (χ1v) is 6.90. The van der Waals surface area contributed by atoms with Crippen molar-refractivity contribution in [3.63, 3.8) is 0 Å². The molecule has 88 valence electrons. The number of sulfonamides is 1. The predicted molar refractivity (Wildman–Crippen MR) is 66.6 cm³/mol. The fourth-order valence-electron chi connectivity index (χ4n) is 0.965. The van der Waals surface area contributed by atoms with Crippen LogP contribution < -0.4 is 4.72 Å². The molecule has 1 rings (SSSR count). The zero-order valence-electron chi connectivity index (χ0n) is 8.34. The van der Waals surface area contributed by atoms with E-state index < -0.39 is 22.0 Å². The molecule has 0 amide bonds. The number of carbonyl (C=O) groups is 1. The Bertz CT molecular complexity index is 483. The summed E-state index contributed by atoms with van der Waals surface area (Å²) in [4.78, 5) is 10.6. The van der Waals surface area contributed by atoms with Gasteiger partial charge in [0.2, 0.25) is 10.0 Å². The highest BCUT2D eigenvalue weighted by Gasteiger charge is 2.20. The van der Waals surface area contributed by atoms with Gasteiger partial charge in [-0.2, -0.15) is 4.72 Å². The number of carboxylic acid groups (broad SMARTS) is 1. The summed E-state index contributed by atoms with van der Waals surface area (Å²) >= 11 is 2.05. The van der Waals surface area contributed by atoms with Gasteiger partial charge in [0.25, 0.3) is 0 Å². The first kappa shape index (κ1) is 13.4. The molecule has 2 N–H and O–H groups in total. The Morgan fingerprint density at radius 1 is 1.38 bits per heavy atom. The SMILES string of the molecule is CC(NS(=O)(=O)c1ccc(I)cc1)C(=O)O. The Labute approximate surface area is 107 Å². The van der Waals surface area contributed by atoms with Gasteiger partial charge in [-0.15, -0.1) is 0 Å². The molecule has 16 heavy (non-hydrogen) atoms. The minimum Gasteiger partial charge on any atom is -0.480 e. The summed E-state index contributed by atoms with van der Waals surface area (Å²) < 4.78 is 26.3. The number of carboxylic acids is 1. The molecule has 1 aromatic carbocycles. The van der Waals surface area contributed by atoms with Crippen LogP contribution in [0.5, 0.6) is 0 Å². The lowest BCUT2D eigenvalue weighted by molar-refractivity contribution is -0.138. The van der Waals surface area contributed by atoms with Crippen LogP contribution in [0.25, 0.3) is 0 Å². The lowest BCUT2D eigenvalue weighted by Gasteiger charge is -2.09. The predicted octanol–water partition coefficient (Wildman–Crippen LogP) is 1.04. The van der Waals surface area contributed by atoms with E-state index in [1.165, 1.54) is 19.1 Å². The molecule has 0 saturated carbocycles. The second-order valence-electron chi connectivity index (χ2n) is 3.14. The molecule has 0 saturated heterocycles. The third kappa shape index (κ3) is 3.42. The average molecular weight is 355 g/mol. The number of rotatable bonds is 4. The van der Waals surface area contributed by atoms with E-state index in [-0.39, 0.29) is 4.90 Å². The van der Waals surface area contributed by atoms with Crippen LogP contribution in [0.4, 0.5) is 0 Å². The molecular formula is C9H10INO4S. The number of benzene rings is 1. The van der Waals surface area contributed by atoms with Crippen molar-refractivity contribution < 1.29 is 18.3 Å². The second kappa shape index (κ2) is 5.11. The van der Waals surface area contributed by atoms with Crippen molar-refractivity contribution in [2.45, 2.75) is 17.9 Å². The van der Waals surface area contributed by atoms with Gasteiger partial charge in [0.05, 0.1) is 4.90 Å². The van der Waals surface area contributed by atoms with Gasteiger partial charge < -0.3 is 5.11 Å². The van der Waals surface area contributed by atoms with Crippen molar-refractivity contribution in [1.29, 1.82) is 0 Å². The number of hydrogen-bond donors (Lipinski definition) is 2. The van der Waals surface area contributed by atoms with Gasteiger partial charge in [0, 0.05) is 3.57 Å². The van der Waals surface area contributed by atoms with Gasteiger partial charge in [-0.1, -0.05) is 0 Å². The number of halogens is 1. The van der Waals surface area contributed by atoms with E-state index in [9.17, 15) is 13.2 Å². The van der Waals surface area contributed by atoms with E-state index in [1.54, 1.807) is 12.1 Å². The van der Waals surface area contributed by atoms with Crippen LogP contribution in [0.3, 0.4) is 0 Å². The summed E-state index contributed by atoms with van der Waals surface area (Å²) in [5.41, 5.74) is 0. The van der Waals surface area contributed by atoms with E-state index in [4.69, 9.17) is 5.11 Å². The molecule has 1 aromatic rings. The molecule has 0 aliphatic carbocycles. The molecule has 0 spiro atoms. The van der Waals surface area contributed by atoms with Gasteiger partial charge in [-0.05, 0) is 53.8 Å². The summed E-state index contributed by atoms with van der Waals surface area (Å²) in [6, 6.07) is 4.99. The summed E-state index contributed by atoms with van der Waals surface area (Å²) in [6.45, 7) is 1.27. The van der Waals surface area contributed by atoms with Gasteiger partial charge >= 0.3 is 5.97 Å². The quantitative estimate of drug-likeness (QED) is 0.791. The molecular weight excluding hydrogens is 345 g/mol. The van der Waals surface area contributed by atoms with Crippen molar-refractivity contribution in [2.75, 3.05) is 0 Å². The molecule has 0 fully saturated rings. The minimum atomic E-state index is -3.76. The smallest absolute Gasteiger partial charge is 0.321 e. The van der Waals surface area contributed by atoms with Crippen molar-refractivity contribution in [2.24, 2.45) is 0 Å². The highest BCUT2D eigenvalue weighted by molar-refractivity contribution is 14.1. The molecule has 0 radical (unpaired) electrons. The highest BCUT2D eigenvalue weighted by atomic mass is 127. The fraction of sp³-hybridized carbons (Fsp3) is 0.222. The Morgan fingerprint density at radius 2 is 1.88 bits per heavy atom. The maximum absolute atomic E-state index is 11.7. The van der Waals surface area contributed by atoms with Crippen molar-refractivity contribution in [3.8, 4) is 0 Å². The number of nitrogens with one attached hydrogen (secondary N) is 1. The zero-order valence-corrected chi connectivity index (χ0v) is 11.3. The van der Waals surface area contributed by atoms with Crippen LogP contribution in [0.15, 0.2) is 29.2 Å². The molecule has 0 aliphatic heterocycles. The highest BCUT2D eigenvalue weighted by Crippen LogP contribution is 2.12. The fourth-order valence-corrected chi connectivity index (χ4v) is 2.52. The van der Waals surface area contributed by atoms with Crippen LogP contribution >= 0.6 is 22.6 Å². The van der Waals surface area contributed by atoms with Crippen LogP contribution in [0.2, 0.25) is 0 Å². The molecule has 0 aliphatic rings. The summed E-state index contributed by atoms with van der Waals surface area (Å²) in [5.74, 6) is -1.21. The molecule has 1 unspecified atom stereocenters. The van der Waals surface area contributed by atoms with Crippen molar-refractivity contribution in [3.05, 3.63) is 27.8 Å². The minimum absolute atomic E-state index is 0.0565. The molecule has 7 heteroatoms. The monoisotopic (exact) mass is 355 g/mol. The lowest BCUT2D eigenvalue weighted by atomic mass is 10.4. The van der Waals surface area contributed by atoms with Crippen molar-refractivity contribution in [1.82, 2.24) is 4.72 Å². The Hall–Kier alpha value is -0.670. The Kier molecular flexibility index (Phi) is 4.28. The third-order valence-electron chi connectivity index (χ3n) is 1.83. The Balaban J connectivity index is 2.94. The van der Waals surface area contributed by atoms with Gasteiger partial charge in [-0.3, -0.25) is 4.79 Å². The van der Waals surface area contributed by atoms with E-state index in [0.29, 0.717) is 0 Å². The van der Waals surface area contributed by atoms with E-state index in [1.807, 2.05) is 0 Å². The van der Waals surface area contributed by atoms with Crippen LogP contribution in [-0.2, 0) is 14.8 Å². The maximum Gasteiger partial charge on any atom is 0.321 e. The maximum atomic E-state index is 11.7. The van der Waals surface area contributed by atoms with E-state index in [2.05, 4.69) is 27.3 Å². The van der Waals surface area contributed by atoms with Gasteiger partial charge in [0.15, 0.2) is 0 Å². The van der Waals surface area contributed by atoms with E-state index >= 15 is 0 Å². The molecule has 5 nitrogen and oxygen atoms in total. The third-order valence-corrected chi connectivity index (χ3v) is 4.10. The van der Waals surface area contributed by atoms with Gasteiger partial charge in [0.1, 0.15) is 6.04 Å². The van der Waals surface area contributed by atoms with Crippen LogP contribution in [0, 0.1) is 3.57 Å². The Morgan fingerprint density at radius 3 is 2.31 bits per heavy atom. The topological polar surface area (TPSA) is 83.5 Å². The first-order valence-electron chi connectivity index (χ1n) is 4.33. The van der Waals surface area contributed by atoms with E-state index in [0.717, 1.165) is 3.57 Å². The zero-order chi connectivity index (χ0) is 12.3. The standard InChI is InChI=1S/C9H10INO4S/c1-6(9(12)13)11-16(14,15)8-4-2-7(10)3-5-8/h2-6,11H,1H3,(H,12,13). The number of aliphatic carboxylic acids is 1. The summed E-state index contributed by atoms with van der Waals surface area (Å²) in [7, 11) is -3.76. The summed E-state index contributed by atoms with van der Waals surface area (Å²) in [5, 5.41) is 8.61.